The molecule has 0 saturated heterocycles. The highest BCUT2D eigenvalue weighted by Gasteiger charge is 1.79. The van der Waals surface area contributed by atoms with Crippen LogP contribution in [0.15, 0.2) is 10.9 Å². The molecule has 0 aromatic carbocycles. The van der Waals surface area contributed by atoms with Crippen LogP contribution in [-0.4, -0.2) is 10.1 Å². The minimum Gasteiger partial charge on any atom is -0.343 e. The van der Waals surface area contributed by atoms with Gasteiger partial charge in [-0.25, -0.2) is 0 Å². The van der Waals surface area contributed by atoms with Gasteiger partial charge in [-0.1, -0.05) is 5.16 Å². The van der Waals surface area contributed by atoms with E-state index in [-0.39, 0.29) is 24.0 Å². The largest absolute Gasteiger partial charge is 0.343 e. The molecule has 0 aliphatic rings. The lowest BCUT2D eigenvalue weighted by atomic mass is 10.8. The molecule has 1 aromatic rings. The molecule has 7 heavy (non-hydrogen) atoms. The summed E-state index contributed by atoms with van der Waals surface area (Å²) >= 11 is 0. The lowest BCUT2D eigenvalue weighted by Crippen LogP contribution is -1.66. The van der Waals surface area contributed by atoms with Gasteiger partial charge in [0.1, 0.15) is 0 Å². The Hall–Kier alpha value is -0.130. The second-order valence-electron chi connectivity index (χ2n) is 0.978. The van der Waals surface area contributed by atoms with Gasteiger partial charge in [0, 0.05) is 0 Å². The standard InChI is InChI=1S/C3H4N2O.HI/c1-3-4-2-6-5-3;/h2H,1H3;1H. The van der Waals surface area contributed by atoms with Gasteiger partial charge in [0.2, 0.25) is 6.39 Å². The number of halogens is 1. The molecule has 1 aromatic heterocycles. The van der Waals surface area contributed by atoms with E-state index < -0.39 is 0 Å². The third-order valence-corrected chi connectivity index (χ3v) is 0.471. The highest BCUT2D eigenvalue weighted by Crippen LogP contribution is 1.78. The van der Waals surface area contributed by atoms with E-state index >= 15 is 0 Å². The van der Waals surface area contributed by atoms with Crippen molar-refractivity contribution in [3.05, 3.63) is 12.2 Å². The molecule has 0 spiro atoms. The Labute approximate surface area is 58.1 Å². The minimum absolute atomic E-state index is 0. The van der Waals surface area contributed by atoms with E-state index in [9.17, 15) is 0 Å². The summed E-state index contributed by atoms with van der Waals surface area (Å²) in [6.07, 6.45) is 1.30. The first-order valence-electron chi connectivity index (χ1n) is 1.62. The van der Waals surface area contributed by atoms with Crippen LogP contribution in [0, 0.1) is 6.92 Å². The molecule has 0 fully saturated rings. The fraction of sp³-hybridized carbons (Fsp3) is 0.333. The summed E-state index contributed by atoms with van der Waals surface area (Å²) in [4.78, 5) is 3.64. The number of aromatic nitrogens is 2. The topological polar surface area (TPSA) is 38.9 Å². The van der Waals surface area contributed by atoms with Crippen molar-refractivity contribution in [3.8, 4) is 0 Å². The second-order valence-corrected chi connectivity index (χ2v) is 0.978. The van der Waals surface area contributed by atoms with Crippen LogP contribution in [0.5, 0.6) is 0 Å². The van der Waals surface area contributed by atoms with Crippen LogP contribution >= 0.6 is 24.0 Å². The Morgan fingerprint density at radius 2 is 2.43 bits per heavy atom. The first-order chi connectivity index (χ1) is 2.89. The van der Waals surface area contributed by atoms with E-state index in [2.05, 4.69) is 14.7 Å². The Bertz CT molecular complexity index is 116. The van der Waals surface area contributed by atoms with Crippen molar-refractivity contribution >= 4 is 24.0 Å². The van der Waals surface area contributed by atoms with Gasteiger partial charge in [-0.05, 0) is 6.92 Å². The zero-order valence-electron chi connectivity index (χ0n) is 3.79. The van der Waals surface area contributed by atoms with Crippen LogP contribution in [0.2, 0.25) is 0 Å². The highest BCUT2D eigenvalue weighted by molar-refractivity contribution is 14.0. The van der Waals surface area contributed by atoms with E-state index in [1.165, 1.54) is 6.39 Å². The number of nitrogens with zero attached hydrogens (tertiary/aromatic N) is 2. The van der Waals surface area contributed by atoms with Crippen LogP contribution in [-0.2, 0) is 0 Å². The van der Waals surface area contributed by atoms with Crippen molar-refractivity contribution in [2.75, 3.05) is 0 Å². The molecule has 1 heterocycles. The second kappa shape index (κ2) is 2.95. The zero-order chi connectivity index (χ0) is 4.41. The monoisotopic (exact) mass is 212 g/mol. The Balaban J connectivity index is 0.000000360. The minimum atomic E-state index is 0. The number of rotatable bonds is 0. The summed E-state index contributed by atoms with van der Waals surface area (Å²) in [6.45, 7) is 1.77. The first kappa shape index (κ1) is 6.87. The molecule has 0 atom stereocenters. The molecule has 0 saturated carbocycles. The van der Waals surface area contributed by atoms with Crippen LogP contribution in [0.1, 0.15) is 5.82 Å². The van der Waals surface area contributed by atoms with Crippen molar-refractivity contribution in [2.24, 2.45) is 0 Å². The molecule has 0 aliphatic heterocycles. The van der Waals surface area contributed by atoms with E-state index in [0.29, 0.717) is 5.82 Å². The maximum absolute atomic E-state index is 4.35. The number of hydrogen-bond acceptors (Lipinski definition) is 3. The molecular formula is C3H5IN2O. The van der Waals surface area contributed by atoms with Crippen LogP contribution < -0.4 is 0 Å². The summed E-state index contributed by atoms with van der Waals surface area (Å²) in [5.74, 6) is 0.676. The average molecular weight is 212 g/mol. The lowest BCUT2D eigenvalue weighted by molar-refractivity contribution is 0.412. The molecule has 0 amide bonds. The molecule has 1 rings (SSSR count). The molecule has 0 aliphatic carbocycles. The molecular weight excluding hydrogens is 207 g/mol. The van der Waals surface area contributed by atoms with Crippen molar-refractivity contribution < 1.29 is 4.52 Å². The Morgan fingerprint density at radius 1 is 1.71 bits per heavy atom. The molecule has 4 heteroatoms. The van der Waals surface area contributed by atoms with Gasteiger partial charge in [0.25, 0.3) is 0 Å². The fourth-order valence-electron chi connectivity index (χ4n) is 0.223. The van der Waals surface area contributed by atoms with Crippen molar-refractivity contribution in [2.45, 2.75) is 6.92 Å². The van der Waals surface area contributed by atoms with E-state index in [1.54, 1.807) is 6.92 Å². The molecule has 3 nitrogen and oxygen atoms in total. The summed E-state index contributed by atoms with van der Waals surface area (Å²) in [6, 6.07) is 0. The van der Waals surface area contributed by atoms with E-state index in [0.717, 1.165) is 0 Å². The molecule has 0 unspecified atom stereocenters. The van der Waals surface area contributed by atoms with Crippen LogP contribution in [0.25, 0.3) is 0 Å². The summed E-state index contributed by atoms with van der Waals surface area (Å²) < 4.78 is 4.35. The summed E-state index contributed by atoms with van der Waals surface area (Å²) in [7, 11) is 0. The molecule has 0 N–H and O–H groups in total. The summed E-state index contributed by atoms with van der Waals surface area (Å²) in [5, 5.41) is 3.43. The predicted octanol–water partition coefficient (Wildman–Crippen LogP) is 0.996. The average Bonchev–Trinajstić information content (AvgIpc) is 1.86. The van der Waals surface area contributed by atoms with Crippen LogP contribution in [0.3, 0.4) is 0 Å². The van der Waals surface area contributed by atoms with E-state index in [1.807, 2.05) is 0 Å². The predicted molar refractivity (Wildman–Crippen MR) is 34.4 cm³/mol. The third kappa shape index (κ3) is 1.86. The smallest absolute Gasteiger partial charge is 0.213 e. The number of aryl methyl sites for hydroxylation is 1. The SMILES string of the molecule is Cc1ncon1.I. The van der Waals surface area contributed by atoms with Gasteiger partial charge in [-0.2, -0.15) is 4.98 Å². The van der Waals surface area contributed by atoms with Crippen LogP contribution in [0.4, 0.5) is 0 Å². The first-order valence-corrected chi connectivity index (χ1v) is 1.62. The Morgan fingerprint density at radius 3 is 2.57 bits per heavy atom. The zero-order valence-corrected chi connectivity index (χ0v) is 6.12. The maximum Gasteiger partial charge on any atom is 0.213 e. The molecule has 40 valence electrons. The van der Waals surface area contributed by atoms with E-state index in [4.69, 9.17) is 0 Å². The van der Waals surface area contributed by atoms with Gasteiger partial charge < -0.3 is 4.52 Å². The summed E-state index contributed by atoms with van der Waals surface area (Å²) in [5.41, 5.74) is 0. The highest BCUT2D eigenvalue weighted by atomic mass is 127. The lowest BCUT2D eigenvalue weighted by Gasteiger charge is -1.60. The van der Waals surface area contributed by atoms with Crippen molar-refractivity contribution in [3.63, 3.8) is 0 Å². The number of hydrogen-bond donors (Lipinski definition) is 0. The van der Waals surface area contributed by atoms with Gasteiger partial charge >= 0.3 is 0 Å². The fourth-order valence-corrected chi connectivity index (χ4v) is 0.223. The van der Waals surface area contributed by atoms with Crippen molar-refractivity contribution in [1.82, 2.24) is 10.1 Å². The quantitative estimate of drug-likeness (QED) is 0.602. The normalized spacial score (nSPS) is 7.57. The maximum atomic E-state index is 4.35. The van der Waals surface area contributed by atoms with Gasteiger partial charge in [0.05, 0.1) is 0 Å². The molecule has 0 radical (unpaired) electrons. The molecule has 0 bridgehead atoms. The van der Waals surface area contributed by atoms with Gasteiger partial charge in [-0.3, -0.25) is 0 Å². The third-order valence-electron chi connectivity index (χ3n) is 0.471. The van der Waals surface area contributed by atoms with Crippen molar-refractivity contribution in [1.29, 1.82) is 0 Å². The van der Waals surface area contributed by atoms with Gasteiger partial charge in [0.15, 0.2) is 5.82 Å². The van der Waals surface area contributed by atoms with Gasteiger partial charge in [-0.15, -0.1) is 24.0 Å². The Kier molecular flexibility index (Phi) is 2.89.